The zero-order valence-electron chi connectivity index (χ0n) is 13.3. The van der Waals surface area contributed by atoms with Gasteiger partial charge in [0.05, 0.1) is 16.6 Å². The number of carbonyl (C=O) groups is 1. The third kappa shape index (κ3) is 3.04. The van der Waals surface area contributed by atoms with Gasteiger partial charge in [0.2, 0.25) is 0 Å². The van der Waals surface area contributed by atoms with Crippen LogP contribution in [0.25, 0.3) is 22.2 Å². The molecule has 118 valence electrons. The van der Waals surface area contributed by atoms with Gasteiger partial charge in [0.15, 0.2) is 12.4 Å². The van der Waals surface area contributed by atoms with E-state index in [1.54, 1.807) is 6.07 Å². The molecule has 0 N–H and O–H groups in total. The molecule has 0 bridgehead atoms. The second-order valence-electron chi connectivity index (χ2n) is 6.36. The number of fused-ring (bicyclic) bond motifs is 1. The van der Waals surface area contributed by atoms with E-state index in [1.165, 1.54) is 17.0 Å². The number of pyridine rings is 1. The zero-order valence-corrected chi connectivity index (χ0v) is 13.3. The van der Waals surface area contributed by atoms with Gasteiger partial charge in [-0.2, -0.15) is 4.73 Å². The fraction of sp³-hybridized carbons (Fsp3) is 0.222. The molecule has 3 aromatic rings. The number of aromatic nitrogens is 2. The summed E-state index contributed by atoms with van der Waals surface area (Å²) in [6.07, 6.45) is 2.36. The molecule has 0 radical (unpaired) electrons. The number of ether oxygens (including phenoxy) is 1. The fourth-order valence-corrected chi connectivity index (χ4v) is 2.47. The summed E-state index contributed by atoms with van der Waals surface area (Å²) in [5.41, 5.74) is 1.62. The monoisotopic (exact) mass is 310 g/mol. The molecule has 2 aromatic heterocycles. The summed E-state index contributed by atoms with van der Waals surface area (Å²) in [5.74, 6) is 0. The van der Waals surface area contributed by atoms with Crippen LogP contribution in [0, 0.1) is 5.21 Å². The first-order chi connectivity index (χ1) is 10.8. The topological polar surface area (TPSA) is 58.2 Å². The lowest BCUT2D eigenvalue weighted by molar-refractivity contribution is -0.603. The molecule has 3 rings (SSSR count). The Bertz CT molecular complexity index is 861. The Morgan fingerprint density at radius 1 is 1.17 bits per heavy atom. The third-order valence-electron chi connectivity index (χ3n) is 3.36. The van der Waals surface area contributed by atoms with Gasteiger partial charge in [-0.1, -0.05) is 30.3 Å². The number of carbonyl (C=O) groups excluding carboxylic acids is 1. The summed E-state index contributed by atoms with van der Waals surface area (Å²) < 4.78 is 7.75. The molecule has 2 heterocycles. The van der Waals surface area contributed by atoms with E-state index in [1.807, 2.05) is 57.2 Å². The van der Waals surface area contributed by atoms with Crippen molar-refractivity contribution in [3.05, 3.63) is 60.1 Å². The van der Waals surface area contributed by atoms with E-state index in [2.05, 4.69) is 0 Å². The van der Waals surface area contributed by atoms with Gasteiger partial charge in [0, 0.05) is 6.07 Å². The van der Waals surface area contributed by atoms with Gasteiger partial charge in [0.25, 0.3) is 0 Å². The molecule has 0 aliphatic heterocycles. The van der Waals surface area contributed by atoms with Crippen LogP contribution >= 0.6 is 0 Å². The van der Waals surface area contributed by atoms with Crippen molar-refractivity contribution in [2.75, 3.05) is 0 Å². The highest BCUT2D eigenvalue weighted by Gasteiger charge is 2.23. The molecule has 0 saturated heterocycles. The molecule has 0 aliphatic rings. The maximum atomic E-state index is 12.7. The second-order valence-corrected chi connectivity index (χ2v) is 6.36. The Morgan fingerprint density at radius 2 is 1.87 bits per heavy atom. The molecule has 0 aliphatic carbocycles. The molecule has 5 heteroatoms. The van der Waals surface area contributed by atoms with Gasteiger partial charge in [0.1, 0.15) is 5.60 Å². The lowest BCUT2D eigenvalue weighted by Crippen LogP contribution is -2.28. The Morgan fingerprint density at radius 3 is 2.52 bits per heavy atom. The first-order valence-corrected chi connectivity index (χ1v) is 7.38. The summed E-state index contributed by atoms with van der Waals surface area (Å²) in [4.78, 5) is 12.7. The van der Waals surface area contributed by atoms with Crippen molar-refractivity contribution in [1.82, 2.24) is 4.57 Å². The lowest BCUT2D eigenvalue weighted by Gasteiger charge is -2.21. The van der Waals surface area contributed by atoms with Crippen LogP contribution < -0.4 is 4.73 Å². The van der Waals surface area contributed by atoms with Crippen LogP contribution in [-0.2, 0) is 4.74 Å². The Labute approximate surface area is 134 Å². The summed E-state index contributed by atoms with van der Waals surface area (Å²) in [7, 11) is 0. The molecule has 0 fully saturated rings. The predicted molar refractivity (Wildman–Crippen MR) is 88.0 cm³/mol. The molecule has 0 spiro atoms. The molecular weight excluding hydrogens is 292 g/mol. The van der Waals surface area contributed by atoms with Gasteiger partial charge in [-0.05, 0) is 32.4 Å². The number of rotatable bonds is 1. The van der Waals surface area contributed by atoms with Gasteiger partial charge in [-0.25, -0.2) is 9.36 Å². The minimum Gasteiger partial charge on any atom is -0.619 e. The average molecular weight is 310 g/mol. The maximum absolute atomic E-state index is 12.7. The van der Waals surface area contributed by atoms with Crippen LogP contribution in [0.1, 0.15) is 20.8 Å². The van der Waals surface area contributed by atoms with Gasteiger partial charge in [-0.15, -0.1) is 0 Å². The summed E-state index contributed by atoms with van der Waals surface area (Å²) in [5, 5.41) is 12.2. The second kappa shape index (κ2) is 5.43. The minimum atomic E-state index is -0.602. The SMILES string of the molecule is CC(C)(C)OC(=O)n1c(-c2ccccc2)cc2c[n+]([O-])ccc21. The van der Waals surface area contributed by atoms with E-state index < -0.39 is 11.7 Å². The number of hydrogen-bond acceptors (Lipinski definition) is 3. The molecule has 5 nitrogen and oxygen atoms in total. The fourth-order valence-electron chi connectivity index (χ4n) is 2.47. The first-order valence-electron chi connectivity index (χ1n) is 7.38. The Kier molecular flexibility index (Phi) is 3.56. The average Bonchev–Trinajstić information content (AvgIpc) is 2.85. The molecule has 0 unspecified atom stereocenters. The largest absolute Gasteiger partial charge is 0.619 e. The summed E-state index contributed by atoms with van der Waals surface area (Å²) >= 11 is 0. The summed E-state index contributed by atoms with van der Waals surface area (Å²) in [6.45, 7) is 5.47. The van der Waals surface area contributed by atoms with Crippen LogP contribution in [0.2, 0.25) is 0 Å². The highest BCUT2D eigenvalue weighted by molar-refractivity contribution is 5.95. The van der Waals surface area contributed by atoms with E-state index in [0.29, 0.717) is 16.6 Å². The Balaban J connectivity index is 2.22. The van der Waals surface area contributed by atoms with E-state index in [0.717, 1.165) is 10.3 Å². The normalized spacial score (nSPS) is 11.6. The van der Waals surface area contributed by atoms with Crippen LogP contribution in [0.3, 0.4) is 0 Å². The number of hydrogen-bond donors (Lipinski definition) is 0. The third-order valence-corrected chi connectivity index (χ3v) is 3.36. The molecule has 0 atom stereocenters. The molecule has 23 heavy (non-hydrogen) atoms. The minimum absolute atomic E-state index is 0.463. The van der Waals surface area contributed by atoms with Gasteiger partial charge >= 0.3 is 6.09 Å². The molecule has 1 aromatic carbocycles. The summed E-state index contributed by atoms with van der Waals surface area (Å²) in [6, 6.07) is 13.0. The van der Waals surface area contributed by atoms with Crippen molar-refractivity contribution in [2.45, 2.75) is 26.4 Å². The van der Waals surface area contributed by atoms with Crippen molar-refractivity contribution in [3.8, 4) is 11.3 Å². The Hall–Kier alpha value is -2.82. The van der Waals surface area contributed by atoms with E-state index >= 15 is 0 Å². The van der Waals surface area contributed by atoms with Gasteiger partial charge in [-0.3, -0.25) is 0 Å². The quantitative estimate of drug-likeness (QED) is 0.508. The van der Waals surface area contributed by atoms with E-state index in [9.17, 15) is 10.0 Å². The lowest BCUT2D eigenvalue weighted by atomic mass is 10.1. The number of nitrogens with zero attached hydrogens (tertiary/aromatic N) is 2. The van der Waals surface area contributed by atoms with Crippen LogP contribution in [0.15, 0.2) is 54.9 Å². The standard InChI is InChI=1S/C18H18N2O3/c1-18(2,3)23-17(21)20-15-9-10-19(22)12-14(15)11-16(20)13-7-5-4-6-8-13/h4-12H,1-3H3. The van der Waals surface area contributed by atoms with Crippen molar-refractivity contribution >= 4 is 17.0 Å². The number of benzene rings is 1. The molecule has 0 saturated carbocycles. The maximum Gasteiger partial charge on any atom is 0.419 e. The van der Waals surface area contributed by atoms with Crippen molar-refractivity contribution in [3.63, 3.8) is 0 Å². The van der Waals surface area contributed by atoms with Crippen molar-refractivity contribution in [2.24, 2.45) is 0 Å². The van der Waals surface area contributed by atoms with E-state index in [4.69, 9.17) is 4.74 Å². The van der Waals surface area contributed by atoms with Gasteiger partial charge < -0.3 is 9.94 Å². The van der Waals surface area contributed by atoms with Crippen molar-refractivity contribution < 1.29 is 14.3 Å². The molecular formula is C18H18N2O3. The van der Waals surface area contributed by atoms with Crippen LogP contribution in [0.5, 0.6) is 0 Å². The zero-order chi connectivity index (χ0) is 16.6. The smallest absolute Gasteiger partial charge is 0.419 e. The van der Waals surface area contributed by atoms with Crippen LogP contribution in [0.4, 0.5) is 4.79 Å². The van der Waals surface area contributed by atoms with Crippen LogP contribution in [-0.4, -0.2) is 16.3 Å². The van der Waals surface area contributed by atoms with Crippen molar-refractivity contribution in [1.29, 1.82) is 0 Å². The highest BCUT2D eigenvalue weighted by atomic mass is 16.6. The molecule has 0 amide bonds. The van der Waals surface area contributed by atoms with E-state index in [-0.39, 0.29) is 0 Å². The predicted octanol–water partition coefficient (Wildman–Crippen LogP) is 3.72. The first kappa shape index (κ1) is 15.1. The highest BCUT2D eigenvalue weighted by Crippen LogP contribution is 2.28.